The summed E-state index contributed by atoms with van der Waals surface area (Å²) in [6.45, 7) is 7.35. The Morgan fingerprint density at radius 2 is 1.93 bits per heavy atom. The van der Waals surface area contributed by atoms with Crippen LogP contribution in [0.2, 0.25) is 0 Å². The van der Waals surface area contributed by atoms with Gasteiger partial charge in [0.2, 0.25) is 0 Å². The molecule has 40 heavy (non-hydrogen) atoms. The average Bonchev–Trinajstić information content (AvgIpc) is 3.27. The second-order valence-electron chi connectivity index (χ2n) is 10.0. The second-order valence-corrected chi connectivity index (χ2v) is 10.0. The molecule has 1 aromatic carbocycles. The number of nitrogens with one attached hydrogen (secondary N) is 2. The fourth-order valence-corrected chi connectivity index (χ4v) is 4.47. The monoisotopic (exact) mass is 550 g/mol. The van der Waals surface area contributed by atoms with Gasteiger partial charge in [-0.3, -0.25) is 14.6 Å². The maximum absolute atomic E-state index is 13.6. The molecule has 0 spiro atoms. The van der Waals surface area contributed by atoms with Crippen molar-refractivity contribution in [3.05, 3.63) is 65.3 Å². The molecular formula is C28H34N6O6. The number of likely N-dealkylation sites (N-methyl/N-ethyl adjacent to an activating group) is 1. The average molecular weight is 551 g/mol. The lowest BCUT2D eigenvalue weighted by atomic mass is 9.99. The van der Waals surface area contributed by atoms with Crippen LogP contribution in [0.15, 0.2) is 47.2 Å². The Kier molecular flexibility index (Phi) is 8.68. The third-order valence-corrected chi connectivity index (χ3v) is 6.95. The maximum atomic E-state index is 13.6. The van der Waals surface area contributed by atoms with Gasteiger partial charge in [-0.1, -0.05) is 18.1 Å². The summed E-state index contributed by atoms with van der Waals surface area (Å²) in [7, 11) is 1.64. The normalized spacial score (nSPS) is 17.6. The number of pyridine rings is 1. The minimum atomic E-state index is -0.570. The van der Waals surface area contributed by atoms with E-state index in [1.165, 1.54) is 17.3 Å². The van der Waals surface area contributed by atoms with Gasteiger partial charge in [-0.05, 0) is 45.0 Å². The summed E-state index contributed by atoms with van der Waals surface area (Å²) in [5.74, 6) is -0.280. The molecule has 12 nitrogen and oxygen atoms in total. The highest BCUT2D eigenvalue weighted by molar-refractivity contribution is 6.07. The van der Waals surface area contributed by atoms with Crippen LogP contribution in [0.3, 0.4) is 0 Å². The molecule has 0 saturated carbocycles. The number of ether oxygens (including phenoxy) is 1. The molecular weight excluding hydrogens is 516 g/mol. The highest BCUT2D eigenvalue weighted by Crippen LogP contribution is 2.35. The van der Waals surface area contributed by atoms with Crippen LogP contribution < -0.4 is 15.4 Å². The number of carbonyl (C=O) groups excluding carboxylic acids is 3. The molecule has 4 amide bonds. The minimum absolute atomic E-state index is 0.165. The van der Waals surface area contributed by atoms with Crippen molar-refractivity contribution in [3.63, 3.8) is 0 Å². The van der Waals surface area contributed by atoms with Crippen LogP contribution in [0.4, 0.5) is 16.2 Å². The first kappa shape index (κ1) is 28.6. The number of carbonyl (C=O) groups is 3. The SMILES string of the molecule is Cc1noc(C)c1NC(=O)N(C)C[C@@H]1Oc2c(NC(=O)c3ccncc3)cccc2C(=O)N([C@@H](C)CO)C[C@H]1C. The lowest BCUT2D eigenvalue weighted by Crippen LogP contribution is -2.50. The van der Waals surface area contributed by atoms with Gasteiger partial charge in [0.25, 0.3) is 11.8 Å². The van der Waals surface area contributed by atoms with Crippen LogP contribution >= 0.6 is 0 Å². The van der Waals surface area contributed by atoms with Gasteiger partial charge in [-0.15, -0.1) is 0 Å². The van der Waals surface area contributed by atoms with Crippen molar-refractivity contribution >= 4 is 29.2 Å². The number of para-hydroxylation sites is 1. The van der Waals surface area contributed by atoms with E-state index in [1.54, 1.807) is 63.1 Å². The van der Waals surface area contributed by atoms with Crippen molar-refractivity contribution in [2.75, 3.05) is 37.4 Å². The molecule has 2 aromatic heterocycles. The number of anilines is 2. The van der Waals surface area contributed by atoms with Gasteiger partial charge in [0.1, 0.15) is 17.5 Å². The van der Waals surface area contributed by atoms with Crippen LogP contribution in [0.25, 0.3) is 0 Å². The summed E-state index contributed by atoms with van der Waals surface area (Å²) in [5, 5.41) is 19.4. The topological polar surface area (TPSA) is 150 Å². The van der Waals surface area contributed by atoms with Gasteiger partial charge < -0.3 is 34.8 Å². The number of benzene rings is 1. The van der Waals surface area contributed by atoms with Crippen LogP contribution in [-0.4, -0.2) is 81.8 Å². The highest BCUT2D eigenvalue weighted by Gasteiger charge is 2.35. The molecule has 3 aromatic rings. The number of hydrogen-bond donors (Lipinski definition) is 3. The lowest BCUT2D eigenvalue weighted by molar-refractivity contribution is 0.0372. The zero-order valence-electron chi connectivity index (χ0n) is 23.2. The van der Waals surface area contributed by atoms with Gasteiger partial charge in [0, 0.05) is 37.5 Å². The zero-order chi connectivity index (χ0) is 29.0. The number of hydrogen-bond acceptors (Lipinski definition) is 8. The Morgan fingerprint density at radius 1 is 1.20 bits per heavy atom. The summed E-state index contributed by atoms with van der Waals surface area (Å²) in [4.78, 5) is 46.7. The number of urea groups is 1. The smallest absolute Gasteiger partial charge is 0.321 e. The summed E-state index contributed by atoms with van der Waals surface area (Å²) in [6, 6.07) is 7.25. The summed E-state index contributed by atoms with van der Waals surface area (Å²) >= 11 is 0. The van der Waals surface area contributed by atoms with Gasteiger partial charge >= 0.3 is 6.03 Å². The van der Waals surface area contributed by atoms with E-state index in [-0.39, 0.29) is 48.9 Å². The fraction of sp³-hybridized carbons (Fsp3) is 0.393. The predicted molar refractivity (Wildman–Crippen MR) is 147 cm³/mol. The number of rotatable bonds is 7. The number of aliphatic hydroxyl groups is 1. The minimum Gasteiger partial charge on any atom is -0.485 e. The third kappa shape index (κ3) is 6.07. The Hall–Kier alpha value is -4.45. The molecule has 0 bridgehead atoms. The maximum Gasteiger partial charge on any atom is 0.321 e. The molecule has 0 fully saturated rings. The van der Waals surface area contributed by atoms with Crippen LogP contribution in [-0.2, 0) is 0 Å². The van der Waals surface area contributed by atoms with E-state index in [0.29, 0.717) is 28.4 Å². The molecule has 3 atom stereocenters. The molecule has 1 aliphatic rings. The van der Waals surface area contributed by atoms with Gasteiger partial charge in [-0.2, -0.15) is 0 Å². The summed E-state index contributed by atoms with van der Waals surface area (Å²) < 4.78 is 11.6. The first-order valence-corrected chi connectivity index (χ1v) is 13.0. The molecule has 12 heteroatoms. The van der Waals surface area contributed by atoms with E-state index in [0.717, 1.165) is 0 Å². The first-order chi connectivity index (χ1) is 19.1. The van der Waals surface area contributed by atoms with Crippen LogP contribution in [0, 0.1) is 19.8 Å². The predicted octanol–water partition coefficient (Wildman–Crippen LogP) is 3.32. The van der Waals surface area contributed by atoms with Crippen molar-refractivity contribution in [1.29, 1.82) is 0 Å². The highest BCUT2D eigenvalue weighted by atomic mass is 16.5. The Labute approximate surface area is 232 Å². The van der Waals surface area contributed by atoms with Crippen LogP contribution in [0.1, 0.15) is 46.0 Å². The van der Waals surface area contributed by atoms with Gasteiger partial charge in [0.05, 0.1) is 30.4 Å². The largest absolute Gasteiger partial charge is 0.485 e. The van der Waals surface area contributed by atoms with Crippen LogP contribution in [0.5, 0.6) is 5.75 Å². The van der Waals surface area contributed by atoms with E-state index in [1.807, 2.05) is 6.92 Å². The van der Waals surface area contributed by atoms with E-state index in [2.05, 4.69) is 20.8 Å². The van der Waals surface area contributed by atoms with Crippen molar-refractivity contribution in [2.24, 2.45) is 5.92 Å². The van der Waals surface area contributed by atoms with Crippen molar-refractivity contribution in [3.8, 4) is 5.75 Å². The Balaban J connectivity index is 1.66. The number of aromatic nitrogens is 2. The number of aryl methyl sites for hydroxylation is 2. The molecule has 0 radical (unpaired) electrons. The van der Waals surface area contributed by atoms with E-state index in [4.69, 9.17) is 9.26 Å². The zero-order valence-corrected chi connectivity index (χ0v) is 23.2. The Morgan fingerprint density at radius 3 is 2.58 bits per heavy atom. The number of amides is 4. The molecule has 0 saturated heterocycles. The van der Waals surface area contributed by atoms with E-state index >= 15 is 0 Å². The molecule has 0 aliphatic carbocycles. The quantitative estimate of drug-likeness (QED) is 0.405. The molecule has 4 rings (SSSR count). The number of aliphatic hydroxyl groups excluding tert-OH is 1. The van der Waals surface area contributed by atoms with Crippen molar-refractivity contribution < 1.29 is 28.8 Å². The molecule has 3 N–H and O–H groups in total. The van der Waals surface area contributed by atoms with Crippen molar-refractivity contribution in [1.82, 2.24) is 19.9 Å². The third-order valence-electron chi connectivity index (χ3n) is 6.95. The van der Waals surface area contributed by atoms with E-state index < -0.39 is 18.1 Å². The lowest BCUT2D eigenvalue weighted by Gasteiger charge is -2.38. The molecule has 212 valence electrons. The molecule has 3 heterocycles. The summed E-state index contributed by atoms with van der Waals surface area (Å²) in [6.07, 6.45) is 2.46. The number of fused-ring (bicyclic) bond motifs is 1. The van der Waals surface area contributed by atoms with Gasteiger partial charge in [0.15, 0.2) is 11.5 Å². The van der Waals surface area contributed by atoms with Gasteiger partial charge in [-0.25, -0.2) is 4.79 Å². The Bertz CT molecular complexity index is 1360. The van der Waals surface area contributed by atoms with E-state index in [9.17, 15) is 19.5 Å². The summed E-state index contributed by atoms with van der Waals surface area (Å²) in [5.41, 5.74) is 2.01. The fourth-order valence-electron chi connectivity index (χ4n) is 4.47. The molecule has 0 unspecified atom stereocenters. The standard InChI is InChI=1S/C28H34N6O6/c1-16-13-34(17(2)15-35)27(37)21-7-6-8-22(30-26(36)20-9-11-29-12-10-20)25(21)39-23(16)14-33(5)28(38)31-24-18(3)32-40-19(24)4/h6-12,16-17,23,35H,13-15H2,1-5H3,(H,30,36)(H,31,38)/t16-,17+,23+/m1/s1. The first-order valence-electron chi connectivity index (χ1n) is 13.0. The number of nitrogens with zero attached hydrogens (tertiary/aromatic N) is 4. The molecule has 1 aliphatic heterocycles. The van der Waals surface area contributed by atoms with Crippen molar-refractivity contribution in [2.45, 2.75) is 39.8 Å². The second kappa shape index (κ2) is 12.2.